The normalized spacial score (nSPS) is 17.3. The first-order chi connectivity index (χ1) is 39.6. The van der Waals surface area contributed by atoms with Gasteiger partial charge < -0.3 is 71.0 Å². The lowest BCUT2D eigenvalue weighted by Gasteiger charge is -2.37. The van der Waals surface area contributed by atoms with E-state index in [9.17, 15) is 43.5 Å². The second-order valence-corrected chi connectivity index (χ2v) is 23.2. The zero-order valence-corrected chi connectivity index (χ0v) is 52.5. The number of amides is 10. The van der Waals surface area contributed by atoms with E-state index in [0.29, 0.717) is 64.1 Å². The smallest absolute Gasteiger partial charge is 0.247 e. The number of morpholine rings is 1. The molecule has 0 saturated carbocycles. The van der Waals surface area contributed by atoms with E-state index in [4.69, 9.17) is 15.2 Å². The Bertz CT molecular complexity index is 2230. The Morgan fingerprint density at radius 2 is 1.30 bits per heavy atom. The molecule has 10 amide bonds. The minimum atomic E-state index is -1.44. The summed E-state index contributed by atoms with van der Waals surface area (Å²) in [6.45, 7) is 23.9. The van der Waals surface area contributed by atoms with Gasteiger partial charge in [0.25, 0.3) is 0 Å². The average molecular weight is 1190 g/mol. The number of rotatable bonds is 37. The highest BCUT2D eigenvalue weighted by Crippen LogP contribution is 2.20. The van der Waals surface area contributed by atoms with Crippen LogP contribution in [0.5, 0.6) is 0 Å². The lowest BCUT2D eigenvalue weighted by Crippen LogP contribution is -2.61. The van der Waals surface area contributed by atoms with Crippen LogP contribution in [0, 0.1) is 11.8 Å². The zero-order valence-electron chi connectivity index (χ0n) is 52.5. The molecule has 2 aliphatic rings. The van der Waals surface area contributed by atoms with Gasteiger partial charge in [0.2, 0.25) is 59.1 Å². The number of nitrogens with zero attached hydrogens (tertiary/aromatic N) is 6. The van der Waals surface area contributed by atoms with Gasteiger partial charge in [0.05, 0.1) is 58.0 Å². The SMILES string of the molecule is C=C/C=C\C(=C)C[C@@H](C(=O)N(C)[C@@H](CC)C(=O)NC(CC(=O)NC(CC(C)C)C(=O)N(C)[C@@H](CC(C)C)C(N)=O)C(=O)N1CCCCC1)N(C)C(=O)[C@H](COCC1COCCN1)NC(=O)[C@H](CC)N(C)C(=O)CN(CCCC)C(=O)CC(C)O. The molecule has 24 heteroatoms. The molecule has 0 spiro atoms. The van der Waals surface area contributed by atoms with Gasteiger partial charge in [0.15, 0.2) is 0 Å². The number of hydrogen-bond donors (Lipinski definition) is 6. The number of unbranched alkanes of at least 4 members (excludes halogenated alkanes) is 1. The standard InChI is InChI=1S/C60H103N11O13/c1-15-19-24-41(9)32-50(69(14)58(80)46(38-84-37-43-36-83-29-25-62-43)65-55(77)47(17-3)66(11)53(75)35-71(26-20-16-2)52(74)33-42(10)72)60(82)67(12)48(18-4)56(78)64-45(59(81)70-27-22-21-23-28-70)34-51(73)63-44(30-39(5)6)57(79)68(13)49(54(61)76)31-40(7)8/h15,19,24,39-40,42-50,62,72H,1,9,16-18,20-23,25-38H2,2-8,10-14H3,(H2,61,76)(H,63,73)(H,64,78)(H,65,77)/b24-19-/t42?,43?,44?,45?,46-,47-,48-,49-,50-/m0/s1. The highest BCUT2D eigenvalue weighted by atomic mass is 16.5. The maximum Gasteiger partial charge on any atom is 0.247 e. The van der Waals surface area contributed by atoms with Crippen LogP contribution >= 0.6 is 0 Å². The van der Waals surface area contributed by atoms with E-state index in [1.807, 2.05) is 34.6 Å². The van der Waals surface area contributed by atoms with Gasteiger partial charge in [0.1, 0.15) is 42.3 Å². The van der Waals surface area contributed by atoms with E-state index in [1.54, 1.807) is 30.9 Å². The quantitative estimate of drug-likeness (QED) is 0.0483. The first kappa shape index (κ1) is 73.9. The lowest BCUT2D eigenvalue weighted by molar-refractivity contribution is -0.150. The number of nitrogens with two attached hydrogens (primary N) is 1. The van der Waals surface area contributed by atoms with Crippen LogP contribution in [-0.4, -0.2) is 235 Å². The summed E-state index contributed by atoms with van der Waals surface area (Å²) in [5, 5.41) is 21.5. The summed E-state index contributed by atoms with van der Waals surface area (Å²) in [7, 11) is 5.65. The van der Waals surface area contributed by atoms with Crippen molar-refractivity contribution in [3.8, 4) is 0 Å². The highest BCUT2D eigenvalue weighted by Gasteiger charge is 2.41. The highest BCUT2D eigenvalue weighted by molar-refractivity contribution is 5.98. The number of likely N-dealkylation sites (tertiary alicyclic amines) is 1. The van der Waals surface area contributed by atoms with Gasteiger partial charge in [0, 0.05) is 60.8 Å². The van der Waals surface area contributed by atoms with Crippen LogP contribution in [0.25, 0.3) is 0 Å². The van der Waals surface area contributed by atoms with Crippen molar-refractivity contribution in [2.45, 2.75) is 187 Å². The third-order valence-electron chi connectivity index (χ3n) is 15.1. The number of carbonyl (C=O) groups excluding carboxylic acids is 10. The Balaban J connectivity index is 2.59. The van der Waals surface area contributed by atoms with Crippen LogP contribution < -0.4 is 27.0 Å². The zero-order chi connectivity index (χ0) is 63.4. The molecular weight excluding hydrogens is 1080 g/mol. The van der Waals surface area contributed by atoms with Crippen LogP contribution in [-0.2, 0) is 57.4 Å². The fourth-order valence-electron chi connectivity index (χ4n) is 10.2. The summed E-state index contributed by atoms with van der Waals surface area (Å²) >= 11 is 0. The molecule has 0 aliphatic carbocycles. The van der Waals surface area contributed by atoms with Crippen LogP contribution in [0.2, 0.25) is 0 Å². The summed E-state index contributed by atoms with van der Waals surface area (Å²) in [4.78, 5) is 149. The number of ether oxygens (including phenoxy) is 2. The van der Waals surface area contributed by atoms with Gasteiger partial charge in [-0.3, -0.25) is 47.9 Å². The maximum absolute atomic E-state index is 15.1. The number of nitrogens with one attached hydrogen (secondary N) is 4. The van der Waals surface area contributed by atoms with E-state index in [-0.39, 0.29) is 76.3 Å². The monoisotopic (exact) mass is 1190 g/mol. The Hall–Kier alpha value is -6.24. The fourth-order valence-corrected chi connectivity index (χ4v) is 10.2. The molecule has 9 atom stereocenters. The van der Waals surface area contributed by atoms with Crippen molar-refractivity contribution in [2.75, 3.05) is 87.3 Å². The second-order valence-electron chi connectivity index (χ2n) is 23.2. The Labute approximate surface area is 499 Å². The van der Waals surface area contributed by atoms with Gasteiger partial charge in [-0.1, -0.05) is 91.8 Å². The molecule has 476 valence electrons. The summed E-state index contributed by atoms with van der Waals surface area (Å²) in [5.74, 6) is -6.46. The van der Waals surface area contributed by atoms with Crippen molar-refractivity contribution in [1.82, 2.24) is 50.7 Å². The molecule has 2 aliphatic heterocycles. The molecule has 2 saturated heterocycles. The van der Waals surface area contributed by atoms with Crippen molar-refractivity contribution in [3.05, 3.63) is 37.0 Å². The molecule has 2 rings (SSSR count). The molecule has 24 nitrogen and oxygen atoms in total. The Morgan fingerprint density at radius 3 is 1.83 bits per heavy atom. The third-order valence-corrected chi connectivity index (χ3v) is 15.1. The number of primary amides is 1. The Morgan fingerprint density at radius 1 is 0.726 bits per heavy atom. The van der Waals surface area contributed by atoms with Crippen molar-refractivity contribution in [2.24, 2.45) is 17.6 Å². The number of aliphatic hydroxyl groups excluding tert-OH is 1. The summed E-state index contributed by atoms with van der Waals surface area (Å²) in [5.41, 5.74) is 6.13. The third kappa shape index (κ3) is 24.4. The van der Waals surface area contributed by atoms with Gasteiger partial charge in [-0.15, -0.1) is 0 Å². The van der Waals surface area contributed by atoms with Crippen LogP contribution in [0.3, 0.4) is 0 Å². The molecule has 4 unspecified atom stereocenters. The van der Waals surface area contributed by atoms with Crippen molar-refractivity contribution in [1.29, 1.82) is 0 Å². The number of piperidine rings is 1. The second kappa shape index (κ2) is 37.9. The van der Waals surface area contributed by atoms with E-state index in [2.05, 4.69) is 34.4 Å². The molecule has 0 aromatic carbocycles. The molecule has 7 N–H and O–H groups in total. The first-order valence-corrected chi connectivity index (χ1v) is 30.0. The summed E-state index contributed by atoms with van der Waals surface area (Å²) in [6, 6.07) is -8.89. The molecule has 0 radical (unpaired) electrons. The maximum atomic E-state index is 15.1. The van der Waals surface area contributed by atoms with Crippen molar-refractivity contribution in [3.63, 3.8) is 0 Å². The van der Waals surface area contributed by atoms with Gasteiger partial charge in [-0.2, -0.15) is 0 Å². The van der Waals surface area contributed by atoms with E-state index in [0.717, 1.165) is 17.7 Å². The van der Waals surface area contributed by atoms with Crippen LogP contribution in [0.15, 0.2) is 37.0 Å². The molecule has 0 bridgehead atoms. The lowest BCUT2D eigenvalue weighted by atomic mass is 9.98. The summed E-state index contributed by atoms with van der Waals surface area (Å²) < 4.78 is 11.7. The Kier molecular flexibility index (Phi) is 33.4. The fraction of sp³-hybridized carbons (Fsp3) is 0.733. The molecule has 2 heterocycles. The molecular formula is C60H103N11O13. The number of likely N-dealkylation sites (N-methyl/N-ethyl adjacent to an activating group) is 4. The van der Waals surface area contributed by atoms with Gasteiger partial charge in [-0.05, 0) is 70.1 Å². The molecule has 2 fully saturated rings. The summed E-state index contributed by atoms with van der Waals surface area (Å²) in [6.07, 6.45) is 7.13. The minimum Gasteiger partial charge on any atom is -0.393 e. The molecule has 0 aromatic heterocycles. The predicted molar refractivity (Wildman–Crippen MR) is 320 cm³/mol. The number of hydrogen-bond acceptors (Lipinski definition) is 14. The predicted octanol–water partition coefficient (Wildman–Crippen LogP) is 1.64. The van der Waals surface area contributed by atoms with Crippen molar-refractivity contribution >= 4 is 59.1 Å². The number of allylic oxidation sites excluding steroid dienone is 3. The average Bonchev–Trinajstić information content (AvgIpc) is 3.26. The first-order valence-electron chi connectivity index (χ1n) is 30.0. The molecule has 0 aromatic rings. The topological polar surface area (TPSA) is 303 Å². The van der Waals surface area contributed by atoms with Crippen LogP contribution in [0.1, 0.15) is 132 Å². The van der Waals surface area contributed by atoms with Crippen molar-refractivity contribution < 1.29 is 62.5 Å². The van der Waals surface area contributed by atoms with Crippen LogP contribution in [0.4, 0.5) is 0 Å². The van der Waals surface area contributed by atoms with E-state index < -0.39 is 114 Å². The van der Waals surface area contributed by atoms with Gasteiger partial charge >= 0.3 is 0 Å². The molecule has 84 heavy (non-hydrogen) atoms. The number of aliphatic hydroxyl groups is 1. The number of carbonyl (C=O) groups is 10. The van der Waals surface area contributed by atoms with Gasteiger partial charge in [-0.25, -0.2) is 0 Å². The van der Waals surface area contributed by atoms with E-state index >= 15 is 9.59 Å². The minimum absolute atomic E-state index is 0.0163. The largest absolute Gasteiger partial charge is 0.393 e. The van der Waals surface area contributed by atoms with E-state index in [1.165, 1.54) is 60.8 Å².